The Morgan fingerprint density at radius 2 is 0.780 bits per heavy atom. The molecule has 0 fully saturated rings. The van der Waals surface area contributed by atoms with Gasteiger partial charge in [0.15, 0.2) is 0 Å². The molecule has 0 aliphatic carbocycles. The first-order chi connectivity index (χ1) is 29.3. The minimum absolute atomic E-state index is 0.939. The number of para-hydroxylation sites is 2. The van der Waals surface area contributed by atoms with Gasteiger partial charge in [-0.05, 0) is 109 Å². The minimum Gasteiger partial charge on any atom is -0.309 e. The molecule has 274 valence electrons. The van der Waals surface area contributed by atoms with E-state index in [-0.39, 0.29) is 0 Å². The van der Waals surface area contributed by atoms with Gasteiger partial charge in [-0.2, -0.15) is 0 Å². The number of hydrogen-bond acceptors (Lipinski definition) is 2. The first kappa shape index (κ1) is 33.3. The van der Waals surface area contributed by atoms with E-state index in [2.05, 4.69) is 205 Å². The van der Waals surface area contributed by atoms with Crippen LogP contribution in [0.1, 0.15) is 0 Å². The summed E-state index contributed by atoms with van der Waals surface area (Å²) in [6.07, 6.45) is 3.56. The van der Waals surface area contributed by atoms with Crippen LogP contribution in [0, 0.1) is 0 Å². The predicted octanol–water partition coefficient (Wildman–Crippen LogP) is 14.9. The van der Waals surface area contributed by atoms with E-state index in [1.54, 1.807) is 12.4 Å². The van der Waals surface area contributed by atoms with Crippen LogP contribution in [0.2, 0.25) is 0 Å². The van der Waals surface area contributed by atoms with Crippen LogP contribution < -0.4 is 0 Å². The summed E-state index contributed by atoms with van der Waals surface area (Å²) in [6, 6.07) is 72.9. The number of aromatic nitrogens is 3. The van der Waals surface area contributed by atoms with Crippen molar-refractivity contribution < 1.29 is 0 Å². The van der Waals surface area contributed by atoms with Crippen molar-refractivity contribution in [2.75, 3.05) is 0 Å². The highest BCUT2D eigenvalue weighted by Crippen LogP contribution is 2.40. The van der Waals surface area contributed by atoms with Gasteiger partial charge in [-0.1, -0.05) is 158 Å². The van der Waals surface area contributed by atoms with Crippen molar-refractivity contribution >= 4 is 65.2 Å². The summed E-state index contributed by atoms with van der Waals surface area (Å²) in [7, 11) is 0. The number of nitrogens with zero attached hydrogens (tertiary/aromatic N) is 3. The largest absolute Gasteiger partial charge is 0.309 e. The minimum atomic E-state index is 0.939. The molecule has 0 atom stereocenters. The summed E-state index contributed by atoms with van der Waals surface area (Å²) in [5.74, 6) is 0. The Morgan fingerprint density at radius 3 is 1.54 bits per heavy atom. The molecule has 12 rings (SSSR count). The van der Waals surface area contributed by atoms with Crippen molar-refractivity contribution in [2.24, 2.45) is 0 Å². The average Bonchev–Trinajstić information content (AvgIpc) is 3.65. The van der Waals surface area contributed by atoms with Crippen molar-refractivity contribution in [3.05, 3.63) is 213 Å². The van der Waals surface area contributed by atoms with Gasteiger partial charge in [0.1, 0.15) is 0 Å². The molecule has 12 aromatic rings. The van der Waals surface area contributed by atoms with Gasteiger partial charge in [0.05, 0.1) is 22.1 Å². The molecular weight excluding hydrogens is 715 g/mol. The number of benzene rings is 10. The summed E-state index contributed by atoms with van der Waals surface area (Å²) in [4.78, 5) is 9.45. The lowest BCUT2D eigenvalue weighted by molar-refractivity contribution is 1.18. The topological polar surface area (TPSA) is 30.7 Å². The molecule has 0 saturated carbocycles. The molecule has 0 aliphatic heterocycles. The maximum atomic E-state index is 4.74. The summed E-state index contributed by atoms with van der Waals surface area (Å²) in [6.45, 7) is 0. The number of hydrogen-bond donors (Lipinski definition) is 0. The van der Waals surface area contributed by atoms with Crippen LogP contribution in [0.4, 0.5) is 0 Å². The van der Waals surface area contributed by atoms with Crippen LogP contribution in [0.5, 0.6) is 0 Å². The molecule has 0 bridgehead atoms. The normalized spacial score (nSPS) is 11.7. The van der Waals surface area contributed by atoms with E-state index >= 15 is 0 Å². The Bertz CT molecular complexity index is 3570. The Morgan fingerprint density at radius 1 is 0.271 bits per heavy atom. The van der Waals surface area contributed by atoms with Crippen LogP contribution in [-0.4, -0.2) is 14.5 Å². The van der Waals surface area contributed by atoms with E-state index in [1.165, 1.54) is 93.5 Å². The summed E-state index contributed by atoms with van der Waals surface area (Å²) in [5.41, 5.74) is 15.1. The summed E-state index contributed by atoms with van der Waals surface area (Å²) < 4.78 is 2.37. The molecule has 0 spiro atoms. The molecule has 0 radical (unpaired) electrons. The Kier molecular flexibility index (Phi) is 7.54. The lowest BCUT2D eigenvalue weighted by Gasteiger charge is -2.13. The second-order valence-corrected chi connectivity index (χ2v) is 15.3. The highest BCUT2D eigenvalue weighted by molar-refractivity contribution is 6.23. The molecule has 2 heterocycles. The van der Waals surface area contributed by atoms with E-state index < -0.39 is 0 Å². The summed E-state index contributed by atoms with van der Waals surface area (Å²) in [5, 5.41) is 9.64. The van der Waals surface area contributed by atoms with Crippen molar-refractivity contribution in [3.63, 3.8) is 0 Å². The predicted molar refractivity (Wildman–Crippen MR) is 248 cm³/mol. The first-order valence-corrected chi connectivity index (χ1v) is 20.1. The van der Waals surface area contributed by atoms with Crippen molar-refractivity contribution in [1.29, 1.82) is 0 Å². The molecule has 2 aromatic heterocycles. The SMILES string of the molecule is c1ccc(-n2c3ccccc3c3cc(-c4cccc5c(-c6ccc(-c7cccc(-c8ccc9c(c8)c8ccccc8c8nccnc98)c7)cc6)cccc45)ccc32)cc1. The van der Waals surface area contributed by atoms with Crippen molar-refractivity contribution in [2.45, 2.75) is 0 Å². The van der Waals surface area contributed by atoms with Crippen LogP contribution in [0.25, 0.3) is 115 Å². The molecule has 0 unspecified atom stereocenters. The lowest BCUT2D eigenvalue weighted by atomic mass is 9.91. The van der Waals surface area contributed by atoms with Crippen molar-refractivity contribution in [1.82, 2.24) is 14.5 Å². The fourth-order valence-electron chi connectivity index (χ4n) is 9.34. The van der Waals surface area contributed by atoms with E-state index in [0.717, 1.165) is 21.8 Å². The molecule has 3 heteroatoms. The zero-order chi connectivity index (χ0) is 38.9. The highest BCUT2D eigenvalue weighted by atomic mass is 15.0. The molecule has 3 nitrogen and oxygen atoms in total. The molecule has 0 aliphatic rings. The van der Waals surface area contributed by atoms with Crippen LogP contribution in [-0.2, 0) is 0 Å². The van der Waals surface area contributed by atoms with Gasteiger partial charge in [0.2, 0.25) is 0 Å². The van der Waals surface area contributed by atoms with E-state index in [9.17, 15) is 0 Å². The maximum absolute atomic E-state index is 4.74. The zero-order valence-corrected chi connectivity index (χ0v) is 32.0. The van der Waals surface area contributed by atoms with Gasteiger partial charge >= 0.3 is 0 Å². The fourth-order valence-corrected chi connectivity index (χ4v) is 9.34. The summed E-state index contributed by atoms with van der Waals surface area (Å²) >= 11 is 0. The van der Waals surface area contributed by atoms with Crippen LogP contribution in [0.3, 0.4) is 0 Å². The van der Waals surface area contributed by atoms with E-state index in [4.69, 9.17) is 9.97 Å². The van der Waals surface area contributed by atoms with E-state index in [0.29, 0.717) is 0 Å². The molecule has 0 saturated heterocycles. The first-order valence-electron chi connectivity index (χ1n) is 20.1. The fraction of sp³-hybridized carbons (Fsp3) is 0. The van der Waals surface area contributed by atoms with Crippen LogP contribution in [0.15, 0.2) is 213 Å². The quantitative estimate of drug-likeness (QED) is 0.164. The van der Waals surface area contributed by atoms with Gasteiger partial charge in [0.25, 0.3) is 0 Å². The standard InChI is InChI=1S/C56H35N3/c1-2-13-42(14-3-1)59-53-22-7-6-16-48(53)52-35-41(28-30-54(52)59)44-19-10-20-45-43(18-9-21-46(44)45)37-25-23-36(24-26-37)38-11-8-12-39(33-38)40-27-29-50-51(34-40)47-15-4-5-17-49(47)55-56(50)58-32-31-57-55/h1-35H. The molecule has 0 amide bonds. The molecule has 10 aromatic carbocycles. The monoisotopic (exact) mass is 749 g/mol. The van der Waals surface area contributed by atoms with Gasteiger partial charge in [-0.15, -0.1) is 0 Å². The Labute approximate surface area is 341 Å². The van der Waals surface area contributed by atoms with E-state index in [1.807, 2.05) is 0 Å². The Hall–Kier alpha value is -7.88. The molecule has 0 N–H and O–H groups in total. The third-order valence-corrected chi connectivity index (χ3v) is 12.1. The second kappa shape index (κ2) is 13.4. The molecular formula is C56H35N3. The number of fused-ring (bicyclic) bond motifs is 10. The molecule has 59 heavy (non-hydrogen) atoms. The van der Waals surface area contributed by atoms with Gasteiger partial charge in [-0.25, -0.2) is 0 Å². The maximum Gasteiger partial charge on any atom is 0.0971 e. The number of rotatable bonds is 5. The Balaban J connectivity index is 0.900. The van der Waals surface area contributed by atoms with Gasteiger partial charge in [-0.3, -0.25) is 9.97 Å². The van der Waals surface area contributed by atoms with Crippen LogP contribution >= 0.6 is 0 Å². The third-order valence-electron chi connectivity index (χ3n) is 12.1. The average molecular weight is 750 g/mol. The van der Waals surface area contributed by atoms with Gasteiger partial charge in [0, 0.05) is 39.6 Å². The third kappa shape index (κ3) is 5.36. The van der Waals surface area contributed by atoms with Gasteiger partial charge < -0.3 is 4.57 Å². The lowest BCUT2D eigenvalue weighted by Crippen LogP contribution is -1.92. The zero-order valence-electron chi connectivity index (χ0n) is 32.0. The van der Waals surface area contributed by atoms with Crippen molar-refractivity contribution in [3.8, 4) is 50.2 Å². The highest BCUT2D eigenvalue weighted by Gasteiger charge is 2.16. The smallest absolute Gasteiger partial charge is 0.0971 e. The second-order valence-electron chi connectivity index (χ2n) is 15.3.